The third kappa shape index (κ3) is 3.88. The first-order chi connectivity index (χ1) is 12.5. The molecule has 1 atom stereocenters. The molecule has 3 aromatic carbocycles. The van der Waals surface area contributed by atoms with Crippen molar-refractivity contribution in [3.05, 3.63) is 77.4 Å². The standard InChI is InChI=1S/C23H25NO2/c1-15(2)14-21(26)24-23(18-10-8-16(3)9-11-18)22-19-7-5-4-6-17(19)12-13-20(22)25/h4-13,15,23,25H,14H2,1-3H3,(H,24,26)/t23-/m1/s1. The number of carbonyl (C=O) groups is 1. The number of hydrogen-bond donors (Lipinski definition) is 2. The van der Waals surface area contributed by atoms with Crippen LogP contribution in [0.25, 0.3) is 10.8 Å². The van der Waals surface area contributed by atoms with Gasteiger partial charge in [-0.05, 0) is 35.2 Å². The number of carbonyl (C=O) groups excluding carboxylic acids is 1. The van der Waals surface area contributed by atoms with E-state index in [2.05, 4.69) is 5.32 Å². The van der Waals surface area contributed by atoms with Gasteiger partial charge in [-0.1, -0.05) is 74.0 Å². The maximum Gasteiger partial charge on any atom is 0.221 e. The highest BCUT2D eigenvalue weighted by Crippen LogP contribution is 2.36. The van der Waals surface area contributed by atoms with Crippen LogP contribution in [0.15, 0.2) is 60.7 Å². The van der Waals surface area contributed by atoms with Crippen LogP contribution in [-0.4, -0.2) is 11.0 Å². The van der Waals surface area contributed by atoms with E-state index < -0.39 is 6.04 Å². The Morgan fingerprint density at radius 3 is 2.38 bits per heavy atom. The lowest BCUT2D eigenvalue weighted by Gasteiger charge is -2.23. The molecule has 3 aromatic rings. The van der Waals surface area contributed by atoms with Crippen molar-refractivity contribution < 1.29 is 9.90 Å². The van der Waals surface area contributed by atoms with Gasteiger partial charge < -0.3 is 10.4 Å². The van der Waals surface area contributed by atoms with Crippen LogP contribution in [0.3, 0.4) is 0 Å². The van der Waals surface area contributed by atoms with Crippen molar-refractivity contribution >= 4 is 16.7 Å². The van der Waals surface area contributed by atoms with Gasteiger partial charge in [0.1, 0.15) is 5.75 Å². The average molecular weight is 347 g/mol. The Labute approximate surface area is 154 Å². The quantitative estimate of drug-likeness (QED) is 0.674. The van der Waals surface area contributed by atoms with E-state index in [1.165, 1.54) is 0 Å². The van der Waals surface area contributed by atoms with Crippen molar-refractivity contribution in [2.75, 3.05) is 0 Å². The van der Waals surface area contributed by atoms with E-state index in [0.717, 1.165) is 27.5 Å². The number of rotatable bonds is 5. The lowest BCUT2D eigenvalue weighted by molar-refractivity contribution is -0.122. The highest BCUT2D eigenvalue weighted by Gasteiger charge is 2.22. The Morgan fingerprint density at radius 1 is 1.00 bits per heavy atom. The molecule has 0 spiro atoms. The summed E-state index contributed by atoms with van der Waals surface area (Å²) < 4.78 is 0. The van der Waals surface area contributed by atoms with Gasteiger partial charge in [0.2, 0.25) is 5.91 Å². The number of amides is 1. The lowest BCUT2D eigenvalue weighted by Crippen LogP contribution is -2.30. The molecule has 2 N–H and O–H groups in total. The first-order valence-corrected chi connectivity index (χ1v) is 9.02. The number of phenolic OH excluding ortho intramolecular Hbond substituents is 1. The van der Waals surface area contributed by atoms with E-state index in [1.807, 2.05) is 75.4 Å². The first kappa shape index (κ1) is 18.0. The van der Waals surface area contributed by atoms with E-state index in [4.69, 9.17) is 0 Å². The fourth-order valence-corrected chi connectivity index (χ4v) is 3.26. The van der Waals surface area contributed by atoms with E-state index >= 15 is 0 Å². The third-order valence-electron chi connectivity index (χ3n) is 4.55. The normalized spacial score (nSPS) is 12.3. The molecular weight excluding hydrogens is 322 g/mol. The number of nitrogens with one attached hydrogen (secondary N) is 1. The van der Waals surface area contributed by atoms with Crippen molar-refractivity contribution in [1.82, 2.24) is 5.32 Å². The molecule has 0 aliphatic heterocycles. The minimum Gasteiger partial charge on any atom is -0.508 e. The summed E-state index contributed by atoms with van der Waals surface area (Å²) in [4.78, 5) is 12.5. The monoisotopic (exact) mass is 347 g/mol. The van der Waals surface area contributed by atoms with Crippen molar-refractivity contribution in [1.29, 1.82) is 0 Å². The van der Waals surface area contributed by atoms with Crippen molar-refractivity contribution in [3.63, 3.8) is 0 Å². The summed E-state index contributed by atoms with van der Waals surface area (Å²) in [6.45, 7) is 6.08. The number of fused-ring (bicyclic) bond motifs is 1. The summed E-state index contributed by atoms with van der Waals surface area (Å²) in [6, 6.07) is 19.2. The van der Waals surface area contributed by atoms with Gasteiger partial charge in [-0.25, -0.2) is 0 Å². The van der Waals surface area contributed by atoms with Gasteiger partial charge in [-0.15, -0.1) is 0 Å². The minimum atomic E-state index is -0.395. The minimum absolute atomic E-state index is 0.0158. The topological polar surface area (TPSA) is 49.3 Å². The molecule has 0 saturated carbocycles. The van der Waals surface area contributed by atoms with Gasteiger partial charge in [0.05, 0.1) is 6.04 Å². The maximum atomic E-state index is 12.5. The Morgan fingerprint density at radius 2 is 1.69 bits per heavy atom. The van der Waals surface area contributed by atoms with E-state index in [0.29, 0.717) is 6.42 Å². The van der Waals surface area contributed by atoms with Crippen LogP contribution in [0, 0.1) is 12.8 Å². The second kappa shape index (κ2) is 7.61. The fraction of sp³-hybridized carbons (Fsp3) is 0.261. The van der Waals surface area contributed by atoms with Crippen LogP contribution in [0.4, 0.5) is 0 Å². The zero-order valence-electron chi connectivity index (χ0n) is 15.5. The second-order valence-electron chi connectivity index (χ2n) is 7.23. The van der Waals surface area contributed by atoms with E-state index in [9.17, 15) is 9.90 Å². The molecule has 0 aromatic heterocycles. The summed E-state index contributed by atoms with van der Waals surface area (Å²) >= 11 is 0. The van der Waals surface area contributed by atoms with Crippen molar-refractivity contribution in [3.8, 4) is 5.75 Å². The number of hydrogen-bond acceptors (Lipinski definition) is 2. The van der Waals surface area contributed by atoms with Crippen LogP contribution in [0.2, 0.25) is 0 Å². The van der Waals surface area contributed by atoms with Crippen LogP contribution in [0.1, 0.15) is 43.0 Å². The van der Waals surface area contributed by atoms with Gasteiger partial charge in [0.15, 0.2) is 0 Å². The third-order valence-corrected chi connectivity index (χ3v) is 4.55. The van der Waals surface area contributed by atoms with Crippen LogP contribution in [-0.2, 0) is 4.79 Å². The van der Waals surface area contributed by atoms with Gasteiger partial charge in [0, 0.05) is 12.0 Å². The molecule has 0 aliphatic carbocycles. The summed E-state index contributed by atoms with van der Waals surface area (Å²) in [5, 5.41) is 15.8. The average Bonchev–Trinajstić information content (AvgIpc) is 2.60. The predicted octanol–water partition coefficient (Wildman–Crippen LogP) is 5.11. The number of benzene rings is 3. The zero-order chi connectivity index (χ0) is 18.7. The zero-order valence-corrected chi connectivity index (χ0v) is 15.5. The maximum absolute atomic E-state index is 12.5. The Hall–Kier alpha value is -2.81. The van der Waals surface area contributed by atoms with Crippen LogP contribution >= 0.6 is 0 Å². The number of aromatic hydroxyl groups is 1. The van der Waals surface area contributed by atoms with Gasteiger partial charge in [0.25, 0.3) is 0 Å². The molecule has 3 heteroatoms. The molecule has 0 unspecified atom stereocenters. The van der Waals surface area contributed by atoms with E-state index in [-0.39, 0.29) is 17.6 Å². The first-order valence-electron chi connectivity index (χ1n) is 9.02. The highest BCUT2D eigenvalue weighted by atomic mass is 16.3. The van der Waals surface area contributed by atoms with E-state index in [1.54, 1.807) is 6.07 Å². The molecule has 0 bridgehead atoms. The van der Waals surface area contributed by atoms with Gasteiger partial charge in [-0.2, -0.15) is 0 Å². The summed E-state index contributed by atoms with van der Waals surface area (Å²) in [5.74, 6) is 0.451. The second-order valence-corrected chi connectivity index (χ2v) is 7.23. The molecule has 0 saturated heterocycles. The van der Waals surface area contributed by atoms with Crippen LogP contribution < -0.4 is 5.32 Å². The Bertz CT molecular complexity index is 913. The van der Waals surface area contributed by atoms with Crippen molar-refractivity contribution in [2.24, 2.45) is 5.92 Å². The number of phenols is 1. The molecular formula is C23H25NO2. The molecule has 3 nitrogen and oxygen atoms in total. The smallest absolute Gasteiger partial charge is 0.221 e. The van der Waals surface area contributed by atoms with Crippen molar-refractivity contribution in [2.45, 2.75) is 33.2 Å². The molecule has 0 fully saturated rings. The molecule has 26 heavy (non-hydrogen) atoms. The Balaban J connectivity index is 2.13. The summed E-state index contributed by atoms with van der Waals surface area (Å²) in [6.07, 6.45) is 0.452. The largest absolute Gasteiger partial charge is 0.508 e. The Kier molecular flexibility index (Phi) is 5.27. The molecule has 0 heterocycles. The van der Waals surface area contributed by atoms with Gasteiger partial charge in [-0.3, -0.25) is 4.79 Å². The van der Waals surface area contributed by atoms with Gasteiger partial charge >= 0.3 is 0 Å². The lowest BCUT2D eigenvalue weighted by atomic mass is 9.92. The summed E-state index contributed by atoms with van der Waals surface area (Å²) in [7, 11) is 0. The molecule has 0 aliphatic rings. The summed E-state index contributed by atoms with van der Waals surface area (Å²) in [5.41, 5.74) is 2.85. The molecule has 0 radical (unpaired) electrons. The SMILES string of the molecule is Cc1ccc([C@@H](NC(=O)CC(C)C)c2c(O)ccc3ccccc23)cc1. The highest BCUT2D eigenvalue weighted by molar-refractivity contribution is 5.89. The number of aryl methyl sites for hydroxylation is 1. The molecule has 3 rings (SSSR count). The molecule has 134 valence electrons. The van der Waals surface area contributed by atoms with Crippen LogP contribution in [0.5, 0.6) is 5.75 Å². The fourth-order valence-electron chi connectivity index (χ4n) is 3.26. The predicted molar refractivity (Wildman–Crippen MR) is 106 cm³/mol. The molecule has 1 amide bonds.